The first-order valence-electron chi connectivity index (χ1n) is 4.61. The van der Waals surface area contributed by atoms with Gasteiger partial charge in [-0.3, -0.25) is 4.79 Å². The maximum atomic E-state index is 10.8. The van der Waals surface area contributed by atoms with Crippen molar-refractivity contribution in [3.63, 3.8) is 0 Å². The van der Waals surface area contributed by atoms with Gasteiger partial charge >= 0.3 is 5.97 Å². The number of hydrogen-bond donors (Lipinski definition) is 0. The Balaban J connectivity index is 2.31. The third kappa shape index (κ3) is 3.90. The Labute approximate surface area is 84.2 Å². The lowest BCUT2D eigenvalue weighted by Crippen LogP contribution is -1.97. The SMILES string of the molecule is COC(=O)CCC=Cc1ccccc1. The summed E-state index contributed by atoms with van der Waals surface area (Å²) in [6.07, 6.45) is 5.15. The number of rotatable bonds is 4. The Bertz CT molecular complexity index is 301. The number of ether oxygens (including phenoxy) is 1. The molecule has 0 aliphatic carbocycles. The summed E-state index contributed by atoms with van der Waals surface area (Å²) >= 11 is 0. The van der Waals surface area contributed by atoms with Gasteiger partial charge in [0.2, 0.25) is 0 Å². The molecule has 2 heteroatoms. The van der Waals surface area contributed by atoms with Gasteiger partial charge in [0, 0.05) is 6.42 Å². The van der Waals surface area contributed by atoms with Gasteiger partial charge in [0.25, 0.3) is 0 Å². The summed E-state index contributed by atoms with van der Waals surface area (Å²) < 4.78 is 4.53. The van der Waals surface area contributed by atoms with Gasteiger partial charge in [0.05, 0.1) is 7.11 Å². The zero-order chi connectivity index (χ0) is 10.2. The fraction of sp³-hybridized carbons (Fsp3) is 0.250. The normalized spacial score (nSPS) is 10.4. The Kier molecular flexibility index (Phi) is 4.48. The van der Waals surface area contributed by atoms with Crippen LogP contribution in [-0.2, 0) is 9.53 Å². The molecule has 0 aliphatic rings. The molecule has 0 heterocycles. The first-order chi connectivity index (χ1) is 6.83. The predicted octanol–water partition coefficient (Wildman–Crippen LogP) is 2.65. The van der Waals surface area contributed by atoms with Crippen LogP contribution < -0.4 is 0 Å². The summed E-state index contributed by atoms with van der Waals surface area (Å²) in [5.41, 5.74) is 1.15. The fourth-order valence-corrected chi connectivity index (χ4v) is 1.09. The van der Waals surface area contributed by atoms with Crippen LogP contribution in [0.3, 0.4) is 0 Å². The highest BCUT2D eigenvalue weighted by atomic mass is 16.5. The topological polar surface area (TPSA) is 26.3 Å². The van der Waals surface area contributed by atoms with Crippen LogP contribution in [-0.4, -0.2) is 13.1 Å². The minimum atomic E-state index is -0.164. The molecule has 0 radical (unpaired) electrons. The van der Waals surface area contributed by atoms with Crippen molar-refractivity contribution in [2.75, 3.05) is 7.11 Å². The number of esters is 1. The molecule has 0 atom stereocenters. The molecular weight excluding hydrogens is 176 g/mol. The van der Waals surface area contributed by atoms with E-state index in [1.165, 1.54) is 7.11 Å². The number of allylic oxidation sites excluding steroid dienone is 1. The fourth-order valence-electron chi connectivity index (χ4n) is 1.09. The molecule has 0 aromatic heterocycles. The maximum absolute atomic E-state index is 10.8. The zero-order valence-electron chi connectivity index (χ0n) is 8.27. The van der Waals surface area contributed by atoms with Crippen molar-refractivity contribution in [3.8, 4) is 0 Å². The largest absolute Gasteiger partial charge is 0.469 e. The Morgan fingerprint density at radius 3 is 2.71 bits per heavy atom. The van der Waals surface area contributed by atoms with E-state index in [0.29, 0.717) is 6.42 Å². The van der Waals surface area contributed by atoms with Crippen LogP contribution in [0.1, 0.15) is 18.4 Å². The van der Waals surface area contributed by atoms with Crippen LogP contribution in [0.2, 0.25) is 0 Å². The first kappa shape index (κ1) is 10.5. The van der Waals surface area contributed by atoms with Crippen LogP contribution in [0.5, 0.6) is 0 Å². The molecule has 74 valence electrons. The molecule has 1 rings (SSSR count). The first-order valence-corrected chi connectivity index (χ1v) is 4.61. The molecule has 1 aromatic rings. The van der Waals surface area contributed by atoms with Crippen LogP contribution in [0.25, 0.3) is 6.08 Å². The van der Waals surface area contributed by atoms with E-state index in [2.05, 4.69) is 4.74 Å². The molecule has 0 amide bonds. The molecule has 2 nitrogen and oxygen atoms in total. The summed E-state index contributed by atoms with van der Waals surface area (Å²) in [6, 6.07) is 10.00. The Hall–Kier alpha value is -1.57. The van der Waals surface area contributed by atoms with Crippen molar-refractivity contribution >= 4 is 12.0 Å². The molecule has 0 spiro atoms. The van der Waals surface area contributed by atoms with Crippen molar-refractivity contribution in [2.45, 2.75) is 12.8 Å². The van der Waals surface area contributed by atoms with Crippen molar-refractivity contribution in [1.82, 2.24) is 0 Å². The van der Waals surface area contributed by atoms with Gasteiger partial charge in [-0.15, -0.1) is 0 Å². The van der Waals surface area contributed by atoms with Crippen molar-refractivity contribution in [1.29, 1.82) is 0 Å². The van der Waals surface area contributed by atoms with E-state index in [-0.39, 0.29) is 5.97 Å². The molecule has 0 aliphatic heterocycles. The lowest BCUT2D eigenvalue weighted by molar-refractivity contribution is -0.140. The minimum Gasteiger partial charge on any atom is -0.469 e. The van der Waals surface area contributed by atoms with Crippen LogP contribution in [0.15, 0.2) is 36.4 Å². The Morgan fingerprint density at radius 2 is 2.07 bits per heavy atom. The van der Waals surface area contributed by atoms with Crippen LogP contribution in [0, 0.1) is 0 Å². The monoisotopic (exact) mass is 190 g/mol. The number of hydrogen-bond acceptors (Lipinski definition) is 2. The second kappa shape index (κ2) is 5.97. The standard InChI is InChI=1S/C12H14O2/c1-14-12(13)10-6-5-9-11-7-3-2-4-8-11/h2-5,7-9H,6,10H2,1H3. The zero-order valence-corrected chi connectivity index (χ0v) is 8.27. The minimum absolute atomic E-state index is 0.164. The van der Waals surface area contributed by atoms with Crippen molar-refractivity contribution in [3.05, 3.63) is 42.0 Å². The van der Waals surface area contributed by atoms with Gasteiger partial charge in [-0.1, -0.05) is 42.5 Å². The van der Waals surface area contributed by atoms with Gasteiger partial charge in [0.15, 0.2) is 0 Å². The molecule has 0 saturated carbocycles. The average molecular weight is 190 g/mol. The van der Waals surface area contributed by atoms with Crippen LogP contribution in [0.4, 0.5) is 0 Å². The quantitative estimate of drug-likeness (QED) is 0.682. The summed E-state index contributed by atoms with van der Waals surface area (Å²) in [4.78, 5) is 10.8. The van der Waals surface area contributed by atoms with Gasteiger partial charge in [-0.05, 0) is 12.0 Å². The van der Waals surface area contributed by atoms with Gasteiger partial charge in [0.1, 0.15) is 0 Å². The lowest BCUT2D eigenvalue weighted by Gasteiger charge is -1.94. The molecule has 0 fully saturated rings. The highest BCUT2D eigenvalue weighted by Crippen LogP contribution is 2.03. The number of carbonyl (C=O) groups excluding carboxylic acids is 1. The van der Waals surface area contributed by atoms with E-state index in [1.807, 2.05) is 42.5 Å². The molecule has 0 unspecified atom stereocenters. The maximum Gasteiger partial charge on any atom is 0.305 e. The smallest absolute Gasteiger partial charge is 0.305 e. The second-order valence-electron chi connectivity index (χ2n) is 2.93. The molecule has 14 heavy (non-hydrogen) atoms. The highest BCUT2D eigenvalue weighted by molar-refractivity contribution is 5.69. The Morgan fingerprint density at radius 1 is 1.36 bits per heavy atom. The number of methoxy groups -OCH3 is 1. The van der Waals surface area contributed by atoms with Gasteiger partial charge in [-0.25, -0.2) is 0 Å². The number of carbonyl (C=O) groups is 1. The summed E-state index contributed by atoms with van der Waals surface area (Å²) in [5, 5.41) is 0. The van der Waals surface area contributed by atoms with E-state index in [0.717, 1.165) is 12.0 Å². The van der Waals surface area contributed by atoms with Crippen LogP contribution >= 0.6 is 0 Å². The van der Waals surface area contributed by atoms with Gasteiger partial charge < -0.3 is 4.74 Å². The van der Waals surface area contributed by atoms with Crippen molar-refractivity contribution < 1.29 is 9.53 Å². The van der Waals surface area contributed by atoms with Gasteiger partial charge in [-0.2, -0.15) is 0 Å². The highest BCUT2D eigenvalue weighted by Gasteiger charge is 1.95. The summed E-state index contributed by atoms with van der Waals surface area (Å²) in [6.45, 7) is 0. The van der Waals surface area contributed by atoms with E-state index in [1.54, 1.807) is 0 Å². The summed E-state index contributed by atoms with van der Waals surface area (Å²) in [7, 11) is 1.41. The molecule has 0 saturated heterocycles. The lowest BCUT2D eigenvalue weighted by atomic mass is 10.2. The third-order valence-corrected chi connectivity index (χ3v) is 1.85. The molecular formula is C12H14O2. The second-order valence-corrected chi connectivity index (χ2v) is 2.93. The third-order valence-electron chi connectivity index (χ3n) is 1.85. The van der Waals surface area contributed by atoms with E-state index in [9.17, 15) is 4.79 Å². The van der Waals surface area contributed by atoms with Crippen molar-refractivity contribution in [2.24, 2.45) is 0 Å². The predicted molar refractivity (Wildman–Crippen MR) is 56.7 cm³/mol. The van der Waals surface area contributed by atoms with E-state index in [4.69, 9.17) is 0 Å². The average Bonchev–Trinajstić information content (AvgIpc) is 2.25. The van der Waals surface area contributed by atoms with E-state index < -0.39 is 0 Å². The molecule has 1 aromatic carbocycles. The molecule has 0 N–H and O–H groups in total. The summed E-state index contributed by atoms with van der Waals surface area (Å²) in [5.74, 6) is -0.164. The van der Waals surface area contributed by atoms with E-state index >= 15 is 0 Å². The number of benzene rings is 1. The molecule has 0 bridgehead atoms.